The Bertz CT molecular complexity index is 686. The lowest BCUT2D eigenvalue weighted by atomic mass is 9.72. The lowest BCUT2D eigenvalue weighted by Gasteiger charge is -2.36. The minimum atomic E-state index is -5.74. The molecular weight excluding hydrogens is 400 g/mol. The molecule has 0 aromatic heterocycles. The van der Waals surface area contributed by atoms with Crippen molar-refractivity contribution in [2.75, 3.05) is 0 Å². The van der Waals surface area contributed by atoms with E-state index in [1.165, 1.54) is 12.1 Å². The zero-order chi connectivity index (χ0) is 22.9. The van der Waals surface area contributed by atoms with Gasteiger partial charge in [-0.2, -0.15) is 26.3 Å². The number of hydrogen-bond acceptors (Lipinski definition) is 2. The molecule has 0 radical (unpaired) electrons. The van der Waals surface area contributed by atoms with Crippen molar-refractivity contribution in [2.24, 2.45) is 5.41 Å². The molecule has 1 amide bonds. The Hall–Kier alpha value is -1.93. The summed E-state index contributed by atoms with van der Waals surface area (Å²) in [6.07, 6.45) is -13.9. The van der Waals surface area contributed by atoms with Crippen molar-refractivity contribution in [3.05, 3.63) is 29.8 Å². The second-order valence-electron chi connectivity index (χ2n) is 8.91. The molecule has 0 aliphatic rings. The van der Waals surface area contributed by atoms with Gasteiger partial charge < -0.3 is 4.74 Å². The van der Waals surface area contributed by atoms with Crippen LogP contribution in [0.15, 0.2) is 24.3 Å². The predicted molar refractivity (Wildman–Crippen MR) is 97.8 cm³/mol. The van der Waals surface area contributed by atoms with Gasteiger partial charge in [0.1, 0.15) is 5.75 Å². The van der Waals surface area contributed by atoms with Crippen LogP contribution in [0.2, 0.25) is 0 Å². The maximum Gasteiger partial charge on any atom is 0.420 e. The molecule has 0 aliphatic carbocycles. The topological polar surface area (TPSA) is 38.3 Å². The van der Waals surface area contributed by atoms with Crippen LogP contribution < -0.4 is 10.1 Å². The molecule has 1 rings (SSSR count). The Balaban J connectivity index is 3.00. The van der Waals surface area contributed by atoms with E-state index in [2.05, 4.69) is 25.5 Å². The molecule has 29 heavy (non-hydrogen) atoms. The van der Waals surface area contributed by atoms with E-state index in [9.17, 15) is 31.1 Å². The number of carbonyl (C=O) groups excluding carboxylic acids is 1. The maximum absolute atomic E-state index is 13.1. The van der Waals surface area contributed by atoms with Gasteiger partial charge in [0.15, 0.2) is 0 Å². The molecule has 0 bridgehead atoms. The van der Waals surface area contributed by atoms with Gasteiger partial charge in [-0.3, -0.25) is 5.32 Å². The van der Waals surface area contributed by atoms with Crippen molar-refractivity contribution in [1.82, 2.24) is 5.32 Å². The van der Waals surface area contributed by atoms with Crippen LogP contribution in [0.4, 0.5) is 31.1 Å². The predicted octanol–water partition coefficient (Wildman–Crippen LogP) is 6.76. The molecule has 0 saturated heterocycles. The highest BCUT2D eigenvalue weighted by molar-refractivity contribution is 5.71. The Kier molecular flexibility index (Phi) is 6.98. The number of amides is 1. The highest BCUT2D eigenvalue weighted by Gasteiger charge is 2.71. The van der Waals surface area contributed by atoms with Gasteiger partial charge in [0.05, 0.1) is 0 Å². The Morgan fingerprint density at radius 3 is 1.69 bits per heavy atom. The zero-order valence-corrected chi connectivity index (χ0v) is 17.3. The van der Waals surface area contributed by atoms with Gasteiger partial charge in [-0.1, -0.05) is 53.7 Å². The van der Waals surface area contributed by atoms with Crippen molar-refractivity contribution in [1.29, 1.82) is 0 Å². The SMILES string of the molecule is CCC(NC(=O)Oc1ccc(C(C)(C)CC(C)(C)C)cc1)(C(F)(F)F)C(F)(F)F. The first-order valence-corrected chi connectivity index (χ1v) is 9.09. The van der Waals surface area contributed by atoms with Crippen molar-refractivity contribution < 1.29 is 35.9 Å². The third kappa shape index (κ3) is 6.02. The summed E-state index contributed by atoms with van der Waals surface area (Å²) in [6, 6.07) is 5.95. The summed E-state index contributed by atoms with van der Waals surface area (Å²) in [6.45, 7) is 11.0. The fourth-order valence-electron chi connectivity index (χ4n) is 3.50. The van der Waals surface area contributed by atoms with Gasteiger partial charge in [0, 0.05) is 0 Å². The normalized spacial score (nSPS) is 13.9. The van der Waals surface area contributed by atoms with Gasteiger partial charge in [0.25, 0.3) is 0 Å². The average molecular weight is 427 g/mol. The number of ether oxygens (including phenoxy) is 1. The lowest BCUT2D eigenvalue weighted by Crippen LogP contribution is -2.67. The molecule has 0 heterocycles. The van der Waals surface area contributed by atoms with E-state index in [0.717, 1.165) is 17.3 Å². The van der Waals surface area contributed by atoms with Gasteiger partial charge in [-0.25, -0.2) is 4.79 Å². The molecule has 1 N–H and O–H groups in total. The fourth-order valence-corrected chi connectivity index (χ4v) is 3.50. The Morgan fingerprint density at radius 1 is 0.897 bits per heavy atom. The van der Waals surface area contributed by atoms with E-state index in [-0.39, 0.29) is 16.6 Å². The third-order valence-electron chi connectivity index (χ3n) is 4.63. The molecule has 0 unspecified atom stereocenters. The van der Waals surface area contributed by atoms with Gasteiger partial charge >= 0.3 is 18.4 Å². The van der Waals surface area contributed by atoms with Crippen LogP contribution in [-0.4, -0.2) is 24.0 Å². The monoisotopic (exact) mass is 427 g/mol. The number of rotatable bonds is 5. The van der Waals surface area contributed by atoms with Crippen molar-refractivity contribution in [3.8, 4) is 5.75 Å². The number of halogens is 6. The molecule has 0 saturated carbocycles. The first-order chi connectivity index (χ1) is 12.8. The first-order valence-electron chi connectivity index (χ1n) is 9.09. The van der Waals surface area contributed by atoms with Crippen LogP contribution >= 0.6 is 0 Å². The summed E-state index contributed by atoms with van der Waals surface area (Å²) in [5.74, 6) is -0.160. The first kappa shape index (κ1) is 25.1. The summed E-state index contributed by atoms with van der Waals surface area (Å²) in [5, 5.41) is 0.973. The Morgan fingerprint density at radius 2 is 1.34 bits per heavy atom. The second-order valence-corrected chi connectivity index (χ2v) is 8.91. The number of hydrogen-bond donors (Lipinski definition) is 1. The fraction of sp³-hybridized carbons (Fsp3) is 0.650. The average Bonchev–Trinajstić information content (AvgIpc) is 2.48. The van der Waals surface area contributed by atoms with E-state index in [1.807, 2.05) is 13.8 Å². The van der Waals surface area contributed by atoms with Crippen molar-refractivity contribution in [2.45, 2.75) is 77.7 Å². The molecule has 9 heteroatoms. The van der Waals surface area contributed by atoms with Crippen LogP contribution in [0.5, 0.6) is 5.75 Å². The second kappa shape index (κ2) is 8.07. The van der Waals surface area contributed by atoms with Crippen LogP contribution in [0.3, 0.4) is 0 Å². The summed E-state index contributed by atoms with van der Waals surface area (Å²) >= 11 is 0. The number of carbonyl (C=O) groups is 1. The Labute approximate surface area is 166 Å². The summed E-state index contributed by atoms with van der Waals surface area (Å²) in [5.41, 5.74) is -3.68. The van der Waals surface area contributed by atoms with E-state index >= 15 is 0 Å². The minimum absolute atomic E-state index is 0.0389. The molecule has 1 aromatic carbocycles. The van der Waals surface area contributed by atoms with Gasteiger partial charge in [-0.15, -0.1) is 0 Å². The number of nitrogens with one attached hydrogen (secondary N) is 1. The van der Waals surface area contributed by atoms with Crippen LogP contribution in [-0.2, 0) is 5.41 Å². The molecule has 0 fully saturated rings. The minimum Gasteiger partial charge on any atom is -0.410 e. The highest BCUT2D eigenvalue weighted by atomic mass is 19.4. The summed E-state index contributed by atoms with van der Waals surface area (Å²) < 4.78 is 83.3. The zero-order valence-electron chi connectivity index (χ0n) is 17.3. The molecule has 0 atom stereocenters. The highest BCUT2D eigenvalue weighted by Crippen LogP contribution is 2.45. The summed E-state index contributed by atoms with van der Waals surface area (Å²) in [4.78, 5) is 11.8. The number of alkyl halides is 6. The lowest BCUT2D eigenvalue weighted by molar-refractivity contribution is -0.305. The quantitative estimate of drug-likeness (QED) is 0.527. The largest absolute Gasteiger partial charge is 0.420 e. The van der Waals surface area contributed by atoms with E-state index < -0.39 is 30.4 Å². The van der Waals surface area contributed by atoms with Gasteiger partial charge in [0.2, 0.25) is 5.54 Å². The van der Waals surface area contributed by atoms with Crippen molar-refractivity contribution in [3.63, 3.8) is 0 Å². The smallest absolute Gasteiger partial charge is 0.410 e. The standard InChI is InChI=1S/C20H27F6NO2/c1-7-18(19(21,22)23,20(24,25)26)27-15(28)29-14-10-8-13(9-11-14)17(5,6)12-16(2,3)4/h8-11H,7,12H2,1-6H3,(H,27,28). The van der Waals surface area contributed by atoms with Crippen LogP contribution in [0.25, 0.3) is 0 Å². The molecule has 0 spiro atoms. The summed E-state index contributed by atoms with van der Waals surface area (Å²) in [7, 11) is 0. The molecule has 1 aromatic rings. The molecule has 3 nitrogen and oxygen atoms in total. The van der Waals surface area contributed by atoms with E-state index in [4.69, 9.17) is 0 Å². The third-order valence-corrected chi connectivity index (χ3v) is 4.63. The molecular formula is C20H27F6NO2. The van der Waals surface area contributed by atoms with Crippen LogP contribution in [0, 0.1) is 5.41 Å². The van der Waals surface area contributed by atoms with E-state index in [0.29, 0.717) is 6.92 Å². The van der Waals surface area contributed by atoms with Crippen molar-refractivity contribution >= 4 is 6.09 Å². The molecule has 166 valence electrons. The number of benzene rings is 1. The molecule has 0 aliphatic heterocycles. The van der Waals surface area contributed by atoms with Gasteiger partial charge in [-0.05, 0) is 41.4 Å². The maximum atomic E-state index is 13.1. The van der Waals surface area contributed by atoms with E-state index in [1.54, 1.807) is 12.1 Å². The van der Waals surface area contributed by atoms with Crippen LogP contribution in [0.1, 0.15) is 59.9 Å².